The molecule has 2 heterocycles. The number of aromatic nitrogens is 2. The Morgan fingerprint density at radius 2 is 1.96 bits per heavy atom. The van der Waals surface area contributed by atoms with Crippen LogP contribution in [0.2, 0.25) is 0 Å². The van der Waals surface area contributed by atoms with Crippen molar-refractivity contribution in [3.8, 4) is 0 Å². The molecule has 132 valence electrons. The molecule has 4 nitrogen and oxygen atoms in total. The molecule has 1 fully saturated rings. The molecule has 10 heteroatoms. The first-order valence-corrected chi connectivity index (χ1v) is 7.04. The lowest BCUT2D eigenvalue weighted by molar-refractivity contribution is -0.258. The molecule has 0 amide bonds. The number of aromatic amines is 1. The van der Waals surface area contributed by atoms with E-state index in [1.54, 1.807) is 0 Å². The first-order chi connectivity index (χ1) is 10.4. The van der Waals surface area contributed by atoms with E-state index in [-0.39, 0.29) is 12.4 Å². The molecule has 0 saturated carbocycles. The molecule has 0 aromatic carbocycles. The first-order valence-electron chi connectivity index (χ1n) is 7.04. The minimum absolute atomic E-state index is 0.105. The zero-order valence-corrected chi connectivity index (χ0v) is 12.3. The third-order valence-corrected chi connectivity index (χ3v) is 3.94. The van der Waals surface area contributed by atoms with Crippen LogP contribution in [0, 0.1) is 0 Å². The molecule has 1 aliphatic heterocycles. The fourth-order valence-corrected chi connectivity index (χ4v) is 2.64. The number of nitrogens with one attached hydrogen (secondary N) is 1. The minimum Gasteiger partial charge on any atom is -0.380 e. The van der Waals surface area contributed by atoms with E-state index in [4.69, 9.17) is 0 Å². The van der Waals surface area contributed by atoms with Crippen LogP contribution in [-0.4, -0.2) is 51.4 Å². The number of rotatable bonds is 3. The number of H-pyrrole nitrogens is 1. The molecule has 0 unspecified atom stereocenters. The van der Waals surface area contributed by atoms with Crippen LogP contribution >= 0.6 is 0 Å². The van der Waals surface area contributed by atoms with E-state index >= 15 is 0 Å². The normalized spacial score (nSPS) is 23.7. The van der Waals surface area contributed by atoms with Crippen molar-refractivity contribution < 1.29 is 31.4 Å². The first kappa shape index (κ1) is 18.1. The fourth-order valence-electron chi connectivity index (χ4n) is 2.64. The second kappa shape index (κ2) is 5.97. The number of likely N-dealkylation sites (tertiary alicyclic amines) is 1. The molecule has 2 atom stereocenters. The van der Waals surface area contributed by atoms with Gasteiger partial charge in [0.2, 0.25) is 0 Å². The van der Waals surface area contributed by atoms with E-state index in [1.165, 1.54) is 4.90 Å². The molecule has 0 radical (unpaired) electrons. The van der Waals surface area contributed by atoms with Gasteiger partial charge in [-0.2, -0.15) is 26.3 Å². The molecular weight excluding hydrogens is 328 g/mol. The Morgan fingerprint density at radius 3 is 2.48 bits per heavy atom. The van der Waals surface area contributed by atoms with Crippen LogP contribution in [0.25, 0.3) is 0 Å². The van der Waals surface area contributed by atoms with Gasteiger partial charge >= 0.3 is 12.4 Å². The maximum absolute atomic E-state index is 12.7. The number of aliphatic hydroxyl groups is 1. The van der Waals surface area contributed by atoms with Crippen LogP contribution in [0.15, 0.2) is 6.20 Å². The topological polar surface area (TPSA) is 52.1 Å². The Labute approximate surface area is 128 Å². The number of halogens is 6. The summed E-state index contributed by atoms with van der Waals surface area (Å²) >= 11 is 0. The van der Waals surface area contributed by atoms with E-state index in [9.17, 15) is 31.4 Å². The van der Waals surface area contributed by atoms with Crippen molar-refractivity contribution in [2.75, 3.05) is 19.6 Å². The molecule has 1 aromatic heterocycles. The summed E-state index contributed by atoms with van der Waals surface area (Å²) in [5, 5.41) is 9.53. The quantitative estimate of drug-likeness (QED) is 0.829. The summed E-state index contributed by atoms with van der Waals surface area (Å²) in [6, 6.07) is 0. The highest BCUT2D eigenvalue weighted by atomic mass is 19.4. The van der Waals surface area contributed by atoms with Crippen molar-refractivity contribution in [2.24, 2.45) is 0 Å². The molecule has 0 spiro atoms. The molecule has 23 heavy (non-hydrogen) atoms. The summed E-state index contributed by atoms with van der Waals surface area (Å²) in [6.07, 6.45) is -7.59. The van der Waals surface area contributed by atoms with Gasteiger partial charge in [-0.05, 0) is 26.3 Å². The maximum Gasteiger partial charge on any atom is 0.432 e. The van der Waals surface area contributed by atoms with Gasteiger partial charge in [-0.1, -0.05) is 0 Å². The van der Waals surface area contributed by atoms with E-state index in [0.29, 0.717) is 32.5 Å². The number of β-amino-alcohol motifs (C(OH)–C–C–N with tert-alkyl or cyclic N) is 1. The smallest absolute Gasteiger partial charge is 0.380 e. The molecule has 2 N–H and O–H groups in total. The van der Waals surface area contributed by atoms with Crippen molar-refractivity contribution in [1.29, 1.82) is 0 Å². The Bertz CT molecular complexity index is 537. The fraction of sp³-hybridized carbons (Fsp3) is 0.769. The monoisotopic (exact) mass is 345 g/mol. The number of imidazole rings is 1. The maximum atomic E-state index is 12.7. The van der Waals surface area contributed by atoms with E-state index < -0.39 is 36.1 Å². The summed E-state index contributed by atoms with van der Waals surface area (Å²) in [5.74, 6) is -0.322. The Kier molecular flexibility index (Phi) is 4.69. The van der Waals surface area contributed by atoms with Crippen LogP contribution < -0.4 is 0 Å². The summed E-state index contributed by atoms with van der Waals surface area (Å²) < 4.78 is 75.8. The van der Waals surface area contributed by atoms with Crippen LogP contribution in [0.5, 0.6) is 0 Å². The summed E-state index contributed by atoms with van der Waals surface area (Å²) in [5.41, 5.74) is -3.85. The van der Waals surface area contributed by atoms with Gasteiger partial charge in [0.1, 0.15) is 11.5 Å². The third kappa shape index (κ3) is 4.17. The number of hydrogen-bond donors (Lipinski definition) is 2. The Hall–Kier alpha value is -1.29. The van der Waals surface area contributed by atoms with Gasteiger partial charge in [-0.25, -0.2) is 4.98 Å². The summed E-state index contributed by atoms with van der Waals surface area (Å²) in [4.78, 5) is 7.29. The largest absolute Gasteiger partial charge is 0.432 e. The van der Waals surface area contributed by atoms with Crippen molar-refractivity contribution in [3.05, 3.63) is 17.7 Å². The Morgan fingerprint density at radius 1 is 1.30 bits per heavy atom. The predicted octanol–water partition coefficient (Wildman–Crippen LogP) is 2.92. The standard InChI is InChI=1S/C13H17F6N3O/c1-11(23,13(17,18)19)7-22-4-2-3-8(6-22)10-20-5-9(21-10)12(14,15)16/h5,8,23H,2-4,6-7H2,1H3,(H,20,21)/t8-,11-/m1/s1. The zero-order chi connectivity index (χ0) is 17.5. The average Bonchev–Trinajstić information content (AvgIpc) is 2.86. The van der Waals surface area contributed by atoms with Gasteiger partial charge in [0, 0.05) is 19.0 Å². The van der Waals surface area contributed by atoms with Gasteiger partial charge in [-0.15, -0.1) is 0 Å². The predicted molar refractivity (Wildman–Crippen MR) is 68.7 cm³/mol. The highest BCUT2D eigenvalue weighted by Gasteiger charge is 2.51. The van der Waals surface area contributed by atoms with E-state index in [0.717, 1.165) is 0 Å². The highest BCUT2D eigenvalue weighted by Crippen LogP contribution is 2.34. The molecule has 1 aliphatic rings. The molecule has 0 bridgehead atoms. The van der Waals surface area contributed by atoms with Crippen LogP contribution in [0.3, 0.4) is 0 Å². The lowest BCUT2D eigenvalue weighted by atomic mass is 9.95. The van der Waals surface area contributed by atoms with Crippen molar-refractivity contribution in [3.63, 3.8) is 0 Å². The lowest BCUT2D eigenvalue weighted by Crippen LogP contribution is -2.53. The number of nitrogens with zero attached hydrogens (tertiary/aromatic N) is 2. The second-order valence-electron chi connectivity index (χ2n) is 6.03. The highest BCUT2D eigenvalue weighted by molar-refractivity contribution is 5.10. The molecule has 1 saturated heterocycles. The molecule has 2 rings (SSSR count). The van der Waals surface area contributed by atoms with Gasteiger partial charge in [0.25, 0.3) is 0 Å². The minimum atomic E-state index is -4.77. The zero-order valence-electron chi connectivity index (χ0n) is 12.3. The lowest BCUT2D eigenvalue weighted by Gasteiger charge is -2.37. The summed E-state index contributed by atoms with van der Waals surface area (Å²) in [6.45, 7) is 0.512. The van der Waals surface area contributed by atoms with Crippen LogP contribution in [0.1, 0.15) is 37.2 Å². The van der Waals surface area contributed by atoms with Crippen molar-refractivity contribution >= 4 is 0 Å². The van der Waals surface area contributed by atoms with Crippen LogP contribution in [-0.2, 0) is 6.18 Å². The number of hydrogen-bond acceptors (Lipinski definition) is 3. The Balaban J connectivity index is 2.05. The van der Waals surface area contributed by atoms with Gasteiger partial charge in [-0.3, -0.25) is 4.90 Å². The number of piperidine rings is 1. The molecule has 1 aromatic rings. The van der Waals surface area contributed by atoms with Crippen LogP contribution in [0.4, 0.5) is 26.3 Å². The van der Waals surface area contributed by atoms with Gasteiger partial charge < -0.3 is 10.1 Å². The van der Waals surface area contributed by atoms with Gasteiger partial charge in [0.15, 0.2) is 5.60 Å². The SMILES string of the molecule is C[C@@](O)(CN1CCC[C@@H](c2ncc(C(F)(F)F)[nH]2)C1)C(F)(F)F. The number of alkyl halides is 6. The molecular formula is C13H17F6N3O. The van der Waals surface area contributed by atoms with Crippen molar-refractivity contribution in [2.45, 2.75) is 43.6 Å². The van der Waals surface area contributed by atoms with Gasteiger partial charge in [0.05, 0.1) is 6.20 Å². The third-order valence-electron chi connectivity index (χ3n) is 3.94. The van der Waals surface area contributed by atoms with E-state index in [2.05, 4.69) is 9.97 Å². The second-order valence-corrected chi connectivity index (χ2v) is 6.03. The van der Waals surface area contributed by atoms with Crippen molar-refractivity contribution in [1.82, 2.24) is 14.9 Å². The van der Waals surface area contributed by atoms with E-state index in [1.807, 2.05) is 0 Å². The average molecular weight is 345 g/mol. The molecule has 0 aliphatic carbocycles. The summed E-state index contributed by atoms with van der Waals surface area (Å²) in [7, 11) is 0.